The van der Waals surface area contributed by atoms with Crippen LogP contribution in [0.2, 0.25) is 0 Å². The number of hydrogen-bond acceptors (Lipinski definition) is 3. The molecule has 2 heterocycles. The van der Waals surface area contributed by atoms with Crippen LogP contribution in [0.4, 0.5) is 0 Å². The van der Waals surface area contributed by atoms with E-state index < -0.39 is 0 Å². The van der Waals surface area contributed by atoms with Gasteiger partial charge in [-0.25, -0.2) is 0 Å². The summed E-state index contributed by atoms with van der Waals surface area (Å²) in [5.74, 6) is 0. The molecule has 3 rings (SSSR count). The molecule has 3 heteroatoms. The molecule has 0 radical (unpaired) electrons. The highest BCUT2D eigenvalue weighted by Crippen LogP contribution is 2.16. The maximum atomic E-state index is 5.79. The van der Waals surface area contributed by atoms with Crippen molar-refractivity contribution in [3.63, 3.8) is 0 Å². The van der Waals surface area contributed by atoms with Crippen molar-refractivity contribution in [3.05, 3.63) is 35.4 Å². The second-order valence-corrected chi connectivity index (χ2v) is 5.27. The van der Waals surface area contributed by atoms with E-state index in [0.717, 1.165) is 39.3 Å². The molecule has 1 unspecified atom stereocenters. The van der Waals surface area contributed by atoms with Crippen LogP contribution < -0.4 is 5.32 Å². The molecule has 3 nitrogen and oxygen atoms in total. The zero-order valence-electron chi connectivity index (χ0n) is 10.9. The Bertz CT molecular complexity index is 361. The van der Waals surface area contributed by atoms with E-state index in [9.17, 15) is 0 Å². The Balaban J connectivity index is 1.57. The highest BCUT2D eigenvalue weighted by atomic mass is 16.5. The van der Waals surface area contributed by atoms with E-state index in [-0.39, 0.29) is 0 Å². The molecule has 1 aromatic carbocycles. The first-order chi connectivity index (χ1) is 8.92. The summed E-state index contributed by atoms with van der Waals surface area (Å²) in [4.78, 5) is 2.55. The number of morpholine rings is 1. The molecule has 0 saturated carbocycles. The highest BCUT2D eigenvalue weighted by molar-refractivity contribution is 5.28. The fourth-order valence-corrected chi connectivity index (χ4v) is 2.92. The van der Waals surface area contributed by atoms with Crippen molar-refractivity contribution in [3.8, 4) is 0 Å². The Morgan fingerprint density at radius 1 is 1.17 bits per heavy atom. The molecule has 0 bridgehead atoms. The lowest BCUT2D eigenvalue weighted by Gasteiger charge is -2.29. The predicted molar refractivity (Wildman–Crippen MR) is 72.9 cm³/mol. The normalized spacial score (nSPS) is 25.4. The molecule has 2 aliphatic rings. The van der Waals surface area contributed by atoms with Gasteiger partial charge in [0, 0.05) is 32.7 Å². The molecule has 0 spiro atoms. The van der Waals surface area contributed by atoms with E-state index >= 15 is 0 Å². The molecule has 1 fully saturated rings. The maximum Gasteiger partial charge on any atom is 0.0826 e. The van der Waals surface area contributed by atoms with Gasteiger partial charge < -0.3 is 15.0 Å². The van der Waals surface area contributed by atoms with Crippen LogP contribution in [0.5, 0.6) is 0 Å². The van der Waals surface area contributed by atoms with Crippen molar-refractivity contribution in [2.45, 2.75) is 18.9 Å². The number of benzene rings is 1. The van der Waals surface area contributed by atoms with E-state index in [1.54, 1.807) is 0 Å². The van der Waals surface area contributed by atoms with Crippen LogP contribution in [0, 0.1) is 0 Å². The van der Waals surface area contributed by atoms with Gasteiger partial charge in [-0.15, -0.1) is 0 Å². The molecule has 1 N–H and O–H groups in total. The number of rotatable bonds is 2. The predicted octanol–water partition coefficient (Wildman–Crippen LogP) is 1.08. The minimum Gasteiger partial charge on any atom is -0.374 e. The summed E-state index contributed by atoms with van der Waals surface area (Å²) in [6.07, 6.45) is 2.73. The SMILES string of the molecule is c1ccc2c(c1)CCN(CC1CNCCO1)CC2. The maximum absolute atomic E-state index is 5.79. The van der Waals surface area contributed by atoms with Gasteiger partial charge in [0.1, 0.15) is 0 Å². The number of nitrogens with one attached hydrogen (secondary N) is 1. The van der Waals surface area contributed by atoms with Crippen molar-refractivity contribution in [1.29, 1.82) is 0 Å². The standard InChI is InChI=1S/C15H22N2O/c1-2-4-14-6-9-17(8-5-13(14)3-1)12-15-11-16-7-10-18-15/h1-4,15-16H,5-12H2. The van der Waals surface area contributed by atoms with Crippen LogP contribution in [0.25, 0.3) is 0 Å². The van der Waals surface area contributed by atoms with Crippen molar-refractivity contribution >= 4 is 0 Å². The zero-order chi connectivity index (χ0) is 12.2. The zero-order valence-corrected chi connectivity index (χ0v) is 10.9. The third-order valence-corrected chi connectivity index (χ3v) is 3.98. The Hall–Kier alpha value is -0.900. The quantitative estimate of drug-likeness (QED) is 0.845. The number of hydrogen-bond donors (Lipinski definition) is 1. The van der Waals surface area contributed by atoms with Gasteiger partial charge >= 0.3 is 0 Å². The van der Waals surface area contributed by atoms with E-state index in [1.807, 2.05) is 0 Å². The molecule has 1 saturated heterocycles. The fraction of sp³-hybridized carbons (Fsp3) is 0.600. The van der Waals surface area contributed by atoms with E-state index in [2.05, 4.69) is 34.5 Å². The largest absolute Gasteiger partial charge is 0.374 e. The molecule has 1 aromatic rings. The first-order valence-electron chi connectivity index (χ1n) is 7.03. The van der Waals surface area contributed by atoms with Gasteiger partial charge in [-0.3, -0.25) is 0 Å². The van der Waals surface area contributed by atoms with Gasteiger partial charge in [0.25, 0.3) is 0 Å². The lowest BCUT2D eigenvalue weighted by Crippen LogP contribution is -2.45. The molecule has 98 valence electrons. The first kappa shape index (κ1) is 12.2. The summed E-state index contributed by atoms with van der Waals surface area (Å²) in [5.41, 5.74) is 3.06. The highest BCUT2D eigenvalue weighted by Gasteiger charge is 2.19. The Labute approximate surface area is 109 Å². The molecule has 0 amide bonds. The second kappa shape index (κ2) is 5.83. The van der Waals surface area contributed by atoms with E-state index in [1.165, 1.54) is 24.0 Å². The van der Waals surface area contributed by atoms with Crippen LogP contribution in [0.15, 0.2) is 24.3 Å². The molecule has 0 aromatic heterocycles. The average molecular weight is 246 g/mol. The van der Waals surface area contributed by atoms with Crippen molar-refractivity contribution in [2.75, 3.05) is 39.3 Å². The molecular weight excluding hydrogens is 224 g/mol. The average Bonchev–Trinajstić information content (AvgIpc) is 2.63. The van der Waals surface area contributed by atoms with Crippen molar-refractivity contribution in [1.82, 2.24) is 10.2 Å². The van der Waals surface area contributed by atoms with Crippen LogP contribution >= 0.6 is 0 Å². The van der Waals surface area contributed by atoms with Gasteiger partial charge in [0.15, 0.2) is 0 Å². The number of ether oxygens (including phenoxy) is 1. The number of fused-ring (bicyclic) bond motifs is 1. The molecular formula is C15H22N2O. The molecule has 1 atom stereocenters. The lowest BCUT2D eigenvalue weighted by molar-refractivity contribution is 0.00628. The first-order valence-corrected chi connectivity index (χ1v) is 7.03. The van der Waals surface area contributed by atoms with Gasteiger partial charge in [-0.05, 0) is 24.0 Å². The van der Waals surface area contributed by atoms with E-state index in [0.29, 0.717) is 6.10 Å². The second-order valence-electron chi connectivity index (χ2n) is 5.27. The van der Waals surface area contributed by atoms with Crippen LogP contribution in [0.1, 0.15) is 11.1 Å². The molecule has 18 heavy (non-hydrogen) atoms. The number of nitrogens with zero attached hydrogens (tertiary/aromatic N) is 1. The minimum atomic E-state index is 0.375. The van der Waals surface area contributed by atoms with Gasteiger partial charge in [-0.1, -0.05) is 24.3 Å². The van der Waals surface area contributed by atoms with Crippen LogP contribution in [0.3, 0.4) is 0 Å². The van der Waals surface area contributed by atoms with Crippen LogP contribution in [-0.4, -0.2) is 50.3 Å². The summed E-state index contributed by atoms with van der Waals surface area (Å²) >= 11 is 0. The molecule has 2 aliphatic heterocycles. The summed E-state index contributed by atoms with van der Waals surface area (Å²) in [6, 6.07) is 8.86. The lowest BCUT2D eigenvalue weighted by atomic mass is 10.0. The topological polar surface area (TPSA) is 24.5 Å². The van der Waals surface area contributed by atoms with Gasteiger partial charge in [-0.2, -0.15) is 0 Å². The van der Waals surface area contributed by atoms with Gasteiger partial charge in [0.2, 0.25) is 0 Å². The smallest absolute Gasteiger partial charge is 0.0826 e. The summed E-state index contributed by atoms with van der Waals surface area (Å²) in [5, 5.41) is 3.41. The van der Waals surface area contributed by atoms with Crippen LogP contribution in [-0.2, 0) is 17.6 Å². The fourth-order valence-electron chi connectivity index (χ4n) is 2.92. The summed E-state index contributed by atoms with van der Waals surface area (Å²) in [6.45, 7) is 6.26. The monoisotopic (exact) mass is 246 g/mol. The van der Waals surface area contributed by atoms with Crippen molar-refractivity contribution in [2.24, 2.45) is 0 Å². The Morgan fingerprint density at radius 2 is 1.89 bits per heavy atom. The molecule has 0 aliphatic carbocycles. The summed E-state index contributed by atoms with van der Waals surface area (Å²) < 4.78 is 5.79. The van der Waals surface area contributed by atoms with Crippen molar-refractivity contribution < 1.29 is 4.74 Å². The van der Waals surface area contributed by atoms with Gasteiger partial charge in [0.05, 0.1) is 12.7 Å². The minimum absolute atomic E-state index is 0.375. The Kier molecular flexibility index (Phi) is 3.93. The van der Waals surface area contributed by atoms with E-state index in [4.69, 9.17) is 4.74 Å². The Morgan fingerprint density at radius 3 is 2.50 bits per heavy atom. The summed E-state index contributed by atoms with van der Waals surface area (Å²) in [7, 11) is 0. The third kappa shape index (κ3) is 2.91. The third-order valence-electron chi connectivity index (χ3n) is 3.98.